The number of aromatic nitrogens is 3. The molecule has 0 aliphatic heterocycles. The number of nitrogens with zero attached hydrogens (tertiary/aromatic N) is 2. The first kappa shape index (κ1) is 10.4. The van der Waals surface area contributed by atoms with E-state index in [0.717, 1.165) is 12.2 Å². The average molecular weight is 247 g/mol. The predicted molar refractivity (Wildman–Crippen MR) is 77.1 cm³/mol. The van der Waals surface area contributed by atoms with Crippen molar-refractivity contribution in [3.05, 3.63) is 66.7 Å². The lowest BCUT2D eigenvalue weighted by Gasteiger charge is -2.05. The minimum Gasteiger partial charge on any atom is -0.347 e. The van der Waals surface area contributed by atoms with Gasteiger partial charge >= 0.3 is 0 Å². The molecule has 0 fully saturated rings. The zero-order valence-electron chi connectivity index (χ0n) is 10.4. The second-order valence-electron chi connectivity index (χ2n) is 4.70. The first-order valence-corrected chi connectivity index (χ1v) is 6.37. The summed E-state index contributed by atoms with van der Waals surface area (Å²) in [6.45, 7) is 0.814. The summed E-state index contributed by atoms with van der Waals surface area (Å²) in [4.78, 5) is 7.27. The van der Waals surface area contributed by atoms with Gasteiger partial charge in [0.2, 0.25) is 0 Å². The van der Waals surface area contributed by atoms with Gasteiger partial charge in [0.25, 0.3) is 0 Å². The average Bonchev–Trinajstić information content (AvgIpc) is 3.08. The number of nitrogens with one attached hydrogen (secondary N) is 1. The summed E-state index contributed by atoms with van der Waals surface area (Å²) >= 11 is 0. The van der Waals surface area contributed by atoms with E-state index in [4.69, 9.17) is 0 Å². The fourth-order valence-corrected chi connectivity index (χ4v) is 2.72. The van der Waals surface area contributed by atoms with Crippen LogP contribution in [-0.2, 0) is 6.54 Å². The van der Waals surface area contributed by atoms with Gasteiger partial charge in [-0.25, -0.2) is 4.98 Å². The molecule has 1 N–H and O–H groups in total. The highest BCUT2D eigenvalue weighted by molar-refractivity contribution is 6.07. The smallest absolute Gasteiger partial charge is 0.0922 e. The maximum Gasteiger partial charge on any atom is 0.0922 e. The molecule has 0 atom stereocenters. The maximum absolute atomic E-state index is 4.09. The number of para-hydroxylation sites is 2. The molecule has 0 aliphatic carbocycles. The molecule has 0 radical (unpaired) electrons. The van der Waals surface area contributed by atoms with Crippen molar-refractivity contribution in [3.63, 3.8) is 0 Å². The largest absolute Gasteiger partial charge is 0.347 e. The van der Waals surface area contributed by atoms with Crippen LogP contribution in [0.15, 0.2) is 61.1 Å². The minimum atomic E-state index is 0.814. The van der Waals surface area contributed by atoms with Crippen LogP contribution in [0, 0.1) is 0 Å². The Morgan fingerprint density at radius 3 is 2.11 bits per heavy atom. The molecule has 0 amide bonds. The number of H-pyrrole nitrogens is 1. The van der Waals surface area contributed by atoms with E-state index >= 15 is 0 Å². The summed E-state index contributed by atoms with van der Waals surface area (Å²) < 4.78 is 2.33. The van der Waals surface area contributed by atoms with Crippen LogP contribution in [0.3, 0.4) is 0 Å². The molecule has 4 rings (SSSR count). The number of hydrogen-bond donors (Lipinski definition) is 1. The van der Waals surface area contributed by atoms with Crippen molar-refractivity contribution < 1.29 is 0 Å². The molecule has 3 nitrogen and oxygen atoms in total. The minimum absolute atomic E-state index is 0.814. The Morgan fingerprint density at radius 2 is 1.53 bits per heavy atom. The van der Waals surface area contributed by atoms with Crippen LogP contribution in [0.5, 0.6) is 0 Å². The van der Waals surface area contributed by atoms with Crippen molar-refractivity contribution in [1.82, 2.24) is 14.5 Å². The van der Waals surface area contributed by atoms with E-state index in [1.807, 2.05) is 6.20 Å². The van der Waals surface area contributed by atoms with Crippen LogP contribution in [-0.4, -0.2) is 14.5 Å². The molecule has 92 valence electrons. The fourth-order valence-electron chi connectivity index (χ4n) is 2.72. The van der Waals surface area contributed by atoms with Gasteiger partial charge in [-0.1, -0.05) is 36.4 Å². The van der Waals surface area contributed by atoms with Gasteiger partial charge in [0.1, 0.15) is 0 Å². The molecule has 2 aromatic carbocycles. The van der Waals surface area contributed by atoms with Crippen molar-refractivity contribution in [3.8, 4) is 0 Å². The van der Waals surface area contributed by atoms with Crippen LogP contribution in [0.4, 0.5) is 0 Å². The zero-order chi connectivity index (χ0) is 12.7. The molecule has 4 aromatic rings. The number of fused-ring (bicyclic) bond motifs is 3. The van der Waals surface area contributed by atoms with Crippen molar-refractivity contribution in [1.29, 1.82) is 0 Å². The Kier molecular flexibility index (Phi) is 2.18. The Morgan fingerprint density at radius 1 is 0.895 bits per heavy atom. The highest BCUT2D eigenvalue weighted by atomic mass is 15.0. The quantitative estimate of drug-likeness (QED) is 0.577. The molecule has 3 heteroatoms. The second kappa shape index (κ2) is 3.99. The molecule has 2 heterocycles. The number of rotatable bonds is 2. The first-order valence-electron chi connectivity index (χ1n) is 6.37. The summed E-state index contributed by atoms with van der Waals surface area (Å²) in [5, 5.41) is 2.61. The molecule has 0 saturated heterocycles. The number of aromatic amines is 1. The third kappa shape index (κ3) is 1.55. The predicted octanol–water partition coefficient (Wildman–Crippen LogP) is 3.57. The van der Waals surface area contributed by atoms with E-state index < -0.39 is 0 Å². The number of imidazole rings is 1. The third-order valence-corrected chi connectivity index (χ3v) is 3.56. The molecule has 0 aliphatic rings. The Hall–Kier alpha value is -2.55. The van der Waals surface area contributed by atoms with Crippen LogP contribution in [0.2, 0.25) is 0 Å². The van der Waals surface area contributed by atoms with Crippen molar-refractivity contribution in [2.45, 2.75) is 6.54 Å². The summed E-state index contributed by atoms with van der Waals surface area (Å²) in [5.74, 6) is 0. The van der Waals surface area contributed by atoms with Crippen LogP contribution in [0.1, 0.15) is 5.69 Å². The maximum atomic E-state index is 4.09. The lowest BCUT2D eigenvalue weighted by atomic mass is 10.2. The van der Waals surface area contributed by atoms with Gasteiger partial charge in [-0.3, -0.25) is 0 Å². The molecule has 0 saturated carbocycles. The Labute approximate surface area is 110 Å². The lowest BCUT2D eigenvalue weighted by Crippen LogP contribution is -1.99. The molecular weight excluding hydrogens is 234 g/mol. The summed E-state index contributed by atoms with van der Waals surface area (Å²) in [7, 11) is 0. The van der Waals surface area contributed by atoms with Crippen LogP contribution < -0.4 is 0 Å². The van der Waals surface area contributed by atoms with E-state index in [1.165, 1.54) is 21.8 Å². The highest BCUT2D eigenvalue weighted by Gasteiger charge is 2.09. The van der Waals surface area contributed by atoms with Crippen LogP contribution >= 0.6 is 0 Å². The van der Waals surface area contributed by atoms with E-state index in [-0.39, 0.29) is 0 Å². The Bertz CT molecular complexity index is 788. The standard InChI is InChI=1S/C16H13N3/c1-3-7-15-13(5-1)14-6-2-4-8-16(14)19(15)10-12-9-17-11-18-12/h1-9,11H,10H2,(H,17,18). The van der Waals surface area contributed by atoms with Gasteiger partial charge in [0.15, 0.2) is 0 Å². The molecular formula is C16H13N3. The summed E-state index contributed by atoms with van der Waals surface area (Å²) in [6.07, 6.45) is 3.60. The fraction of sp³-hybridized carbons (Fsp3) is 0.0625. The number of hydrogen-bond acceptors (Lipinski definition) is 1. The Balaban J connectivity index is 2.05. The zero-order valence-corrected chi connectivity index (χ0v) is 10.4. The molecule has 0 unspecified atom stereocenters. The lowest BCUT2D eigenvalue weighted by molar-refractivity contribution is 0.843. The van der Waals surface area contributed by atoms with E-state index in [2.05, 4.69) is 63.1 Å². The van der Waals surface area contributed by atoms with Crippen molar-refractivity contribution >= 4 is 21.8 Å². The van der Waals surface area contributed by atoms with Gasteiger partial charge in [0, 0.05) is 28.0 Å². The third-order valence-electron chi connectivity index (χ3n) is 3.56. The molecule has 19 heavy (non-hydrogen) atoms. The van der Waals surface area contributed by atoms with E-state index in [9.17, 15) is 0 Å². The van der Waals surface area contributed by atoms with E-state index in [0.29, 0.717) is 0 Å². The normalized spacial score (nSPS) is 11.4. The first-order chi connectivity index (χ1) is 9.43. The van der Waals surface area contributed by atoms with Gasteiger partial charge in [-0.05, 0) is 12.1 Å². The molecule has 0 bridgehead atoms. The summed E-state index contributed by atoms with van der Waals surface area (Å²) in [6, 6.07) is 17.1. The highest BCUT2D eigenvalue weighted by Crippen LogP contribution is 2.28. The molecule has 2 aromatic heterocycles. The van der Waals surface area contributed by atoms with Gasteiger partial charge in [0.05, 0.1) is 18.6 Å². The van der Waals surface area contributed by atoms with Crippen LogP contribution in [0.25, 0.3) is 21.8 Å². The number of benzene rings is 2. The van der Waals surface area contributed by atoms with Crippen molar-refractivity contribution in [2.75, 3.05) is 0 Å². The van der Waals surface area contributed by atoms with Gasteiger partial charge < -0.3 is 9.55 Å². The topological polar surface area (TPSA) is 33.6 Å². The molecule has 0 spiro atoms. The second-order valence-corrected chi connectivity index (χ2v) is 4.70. The monoisotopic (exact) mass is 247 g/mol. The van der Waals surface area contributed by atoms with Gasteiger partial charge in [-0.15, -0.1) is 0 Å². The van der Waals surface area contributed by atoms with Crippen molar-refractivity contribution in [2.24, 2.45) is 0 Å². The SMILES string of the molecule is c1ccc2c(c1)c1ccccc1n2Cc1cnc[nH]1. The summed E-state index contributed by atoms with van der Waals surface area (Å²) in [5.41, 5.74) is 3.64. The van der Waals surface area contributed by atoms with Gasteiger partial charge in [-0.2, -0.15) is 0 Å². The van der Waals surface area contributed by atoms with E-state index in [1.54, 1.807) is 6.33 Å².